The summed E-state index contributed by atoms with van der Waals surface area (Å²) in [5.74, 6) is 0.644. The normalized spacial score (nSPS) is 14.7. The van der Waals surface area contributed by atoms with E-state index >= 15 is 0 Å². The van der Waals surface area contributed by atoms with Crippen LogP contribution in [0.2, 0.25) is 0 Å². The zero-order valence-electron chi connectivity index (χ0n) is 20.9. The lowest BCUT2D eigenvalue weighted by Gasteiger charge is -2.35. The van der Waals surface area contributed by atoms with Crippen molar-refractivity contribution in [2.24, 2.45) is 0 Å². The zero-order chi connectivity index (χ0) is 25.5. The van der Waals surface area contributed by atoms with E-state index in [9.17, 15) is 4.79 Å². The fourth-order valence-corrected chi connectivity index (χ4v) is 4.61. The highest BCUT2D eigenvalue weighted by atomic mass is 16.5. The Balaban J connectivity index is 1.39. The Labute approximate surface area is 216 Å². The van der Waals surface area contributed by atoms with Gasteiger partial charge in [0.2, 0.25) is 0 Å². The number of aromatic nitrogens is 3. The lowest BCUT2D eigenvalue weighted by Crippen LogP contribution is -2.43. The lowest BCUT2D eigenvalue weighted by molar-refractivity contribution is 0.0162. The van der Waals surface area contributed by atoms with Gasteiger partial charge in [0.25, 0.3) is 5.91 Å². The predicted molar refractivity (Wildman–Crippen MR) is 141 cm³/mol. The molecular weight excluding hydrogens is 466 g/mol. The summed E-state index contributed by atoms with van der Waals surface area (Å²) < 4.78 is 12.7. The van der Waals surface area contributed by atoms with Gasteiger partial charge in [-0.1, -0.05) is 42.5 Å². The van der Waals surface area contributed by atoms with Crippen molar-refractivity contribution in [1.29, 1.82) is 0 Å². The average Bonchev–Trinajstić information content (AvgIpc) is 3.39. The number of benzene rings is 2. The van der Waals surface area contributed by atoms with Crippen LogP contribution in [0.25, 0.3) is 11.3 Å². The minimum absolute atomic E-state index is 0.0139. The first-order chi connectivity index (χ1) is 18.2. The number of morpholine rings is 1. The van der Waals surface area contributed by atoms with Gasteiger partial charge in [-0.2, -0.15) is 5.10 Å². The molecule has 1 aliphatic heterocycles. The minimum Gasteiger partial charge on any atom is -0.497 e. The number of pyridine rings is 1. The van der Waals surface area contributed by atoms with Crippen molar-refractivity contribution >= 4 is 5.91 Å². The lowest BCUT2D eigenvalue weighted by atomic mass is 10.0. The Bertz CT molecular complexity index is 1290. The summed E-state index contributed by atoms with van der Waals surface area (Å²) in [5, 5.41) is 7.95. The molecule has 3 heterocycles. The second-order valence-electron chi connectivity index (χ2n) is 8.96. The highest BCUT2D eigenvalue weighted by Gasteiger charge is 2.25. The molecule has 2 aromatic carbocycles. The summed E-state index contributed by atoms with van der Waals surface area (Å²) in [4.78, 5) is 20.2. The van der Waals surface area contributed by atoms with Gasteiger partial charge in [-0.3, -0.25) is 19.4 Å². The number of hydrogen-bond donors (Lipinski definition) is 1. The van der Waals surface area contributed by atoms with Gasteiger partial charge in [0.05, 0.1) is 38.5 Å². The molecule has 1 aliphatic rings. The maximum atomic E-state index is 13.6. The number of hydrogen-bond acceptors (Lipinski definition) is 6. The maximum absolute atomic E-state index is 13.6. The third kappa shape index (κ3) is 6.04. The summed E-state index contributed by atoms with van der Waals surface area (Å²) in [5.41, 5.74) is 4.18. The molecule has 1 atom stereocenters. The van der Waals surface area contributed by atoms with Gasteiger partial charge in [-0.25, -0.2) is 0 Å². The highest BCUT2D eigenvalue weighted by Crippen LogP contribution is 2.25. The highest BCUT2D eigenvalue weighted by molar-refractivity contribution is 5.99. The molecule has 37 heavy (non-hydrogen) atoms. The van der Waals surface area contributed by atoms with Crippen LogP contribution in [0, 0.1) is 0 Å². The molecule has 1 saturated heterocycles. The van der Waals surface area contributed by atoms with E-state index in [0.717, 1.165) is 35.5 Å². The molecule has 1 amide bonds. The molecule has 1 N–H and O–H groups in total. The number of carbonyl (C=O) groups is 1. The molecule has 2 aromatic heterocycles. The third-order valence-electron chi connectivity index (χ3n) is 6.57. The van der Waals surface area contributed by atoms with Crippen LogP contribution in [0.3, 0.4) is 0 Å². The van der Waals surface area contributed by atoms with E-state index in [1.54, 1.807) is 19.5 Å². The topological polar surface area (TPSA) is 81.5 Å². The van der Waals surface area contributed by atoms with Crippen LogP contribution in [0.15, 0.2) is 85.3 Å². The van der Waals surface area contributed by atoms with Crippen LogP contribution in [-0.4, -0.2) is 65.5 Å². The zero-order valence-corrected chi connectivity index (χ0v) is 20.9. The van der Waals surface area contributed by atoms with Gasteiger partial charge in [0, 0.05) is 43.8 Å². The first-order valence-electron chi connectivity index (χ1n) is 12.5. The molecule has 0 saturated carbocycles. The number of ether oxygens (including phenoxy) is 2. The van der Waals surface area contributed by atoms with Crippen LogP contribution < -0.4 is 10.1 Å². The molecule has 1 fully saturated rings. The van der Waals surface area contributed by atoms with Gasteiger partial charge >= 0.3 is 0 Å². The van der Waals surface area contributed by atoms with Gasteiger partial charge in [-0.15, -0.1) is 0 Å². The van der Waals surface area contributed by atoms with Crippen LogP contribution in [-0.2, 0) is 11.3 Å². The molecule has 4 aromatic rings. The van der Waals surface area contributed by atoms with Crippen LogP contribution >= 0.6 is 0 Å². The molecule has 0 radical (unpaired) electrons. The number of nitrogens with zero attached hydrogens (tertiary/aromatic N) is 4. The van der Waals surface area contributed by atoms with E-state index in [1.807, 2.05) is 65.5 Å². The largest absolute Gasteiger partial charge is 0.497 e. The molecule has 0 bridgehead atoms. The molecule has 5 rings (SSSR count). The van der Waals surface area contributed by atoms with Crippen molar-refractivity contribution in [3.63, 3.8) is 0 Å². The fourth-order valence-electron chi connectivity index (χ4n) is 4.61. The van der Waals surface area contributed by atoms with Crippen molar-refractivity contribution in [3.05, 3.63) is 102 Å². The Morgan fingerprint density at radius 2 is 1.84 bits per heavy atom. The van der Waals surface area contributed by atoms with Crippen LogP contribution in [0.5, 0.6) is 5.75 Å². The molecule has 1 unspecified atom stereocenters. The fraction of sp³-hybridized carbons (Fsp3) is 0.276. The Morgan fingerprint density at radius 3 is 2.54 bits per heavy atom. The quantitative estimate of drug-likeness (QED) is 0.379. The van der Waals surface area contributed by atoms with E-state index in [4.69, 9.17) is 14.6 Å². The first-order valence-corrected chi connectivity index (χ1v) is 12.5. The number of rotatable bonds is 9. The second-order valence-corrected chi connectivity index (χ2v) is 8.96. The van der Waals surface area contributed by atoms with E-state index < -0.39 is 0 Å². The Hall–Kier alpha value is -4.01. The van der Waals surface area contributed by atoms with Crippen molar-refractivity contribution in [2.75, 3.05) is 40.0 Å². The van der Waals surface area contributed by atoms with Crippen molar-refractivity contribution in [2.45, 2.75) is 12.6 Å². The van der Waals surface area contributed by atoms with Gasteiger partial charge < -0.3 is 14.8 Å². The summed E-state index contributed by atoms with van der Waals surface area (Å²) >= 11 is 0. The summed E-state index contributed by atoms with van der Waals surface area (Å²) in [6.45, 7) is 4.01. The van der Waals surface area contributed by atoms with Gasteiger partial charge in [-0.05, 0) is 35.4 Å². The average molecular weight is 498 g/mol. The van der Waals surface area contributed by atoms with Crippen molar-refractivity contribution < 1.29 is 14.3 Å². The minimum atomic E-state index is -0.162. The number of methoxy groups -OCH3 is 1. The Morgan fingerprint density at radius 1 is 1.05 bits per heavy atom. The summed E-state index contributed by atoms with van der Waals surface area (Å²) in [7, 11) is 1.66. The number of carbonyl (C=O) groups excluding carboxylic acids is 1. The van der Waals surface area contributed by atoms with Crippen LogP contribution in [0.4, 0.5) is 0 Å². The van der Waals surface area contributed by atoms with E-state index in [1.165, 1.54) is 0 Å². The predicted octanol–water partition coefficient (Wildman–Crippen LogP) is 3.81. The standard InChI is InChI=1S/C29H31N5O3/c1-36-25-11-9-23(10-12-25)27(33-14-16-37-17-15-33)19-31-29(35)26-21-34(20-22-6-3-2-4-7-22)32-28(26)24-8-5-13-30-18-24/h2-13,18,21,27H,14-17,19-20H2,1H3,(H,31,35). The van der Waals surface area contributed by atoms with E-state index in [0.29, 0.717) is 37.6 Å². The van der Waals surface area contributed by atoms with Crippen molar-refractivity contribution in [3.8, 4) is 17.0 Å². The number of nitrogens with one attached hydrogen (secondary N) is 1. The van der Waals surface area contributed by atoms with Crippen molar-refractivity contribution in [1.82, 2.24) is 25.0 Å². The third-order valence-corrected chi connectivity index (χ3v) is 6.57. The van der Waals surface area contributed by atoms with E-state index in [2.05, 4.69) is 27.3 Å². The summed E-state index contributed by atoms with van der Waals surface area (Å²) in [6, 6.07) is 21.9. The first kappa shape index (κ1) is 24.7. The molecule has 8 heteroatoms. The van der Waals surface area contributed by atoms with E-state index in [-0.39, 0.29) is 11.9 Å². The smallest absolute Gasteiger partial charge is 0.255 e. The van der Waals surface area contributed by atoms with Gasteiger partial charge in [0.15, 0.2) is 0 Å². The molecule has 0 aliphatic carbocycles. The SMILES string of the molecule is COc1ccc(C(CNC(=O)c2cn(Cc3ccccc3)nc2-c2cccnc2)N2CCOCC2)cc1. The monoisotopic (exact) mass is 497 g/mol. The maximum Gasteiger partial charge on any atom is 0.255 e. The van der Waals surface area contributed by atoms with Crippen LogP contribution in [0.1, 0.15) is 27.5 Å². The summed E-state index contributed by atoms with van der Waals surface area (Å²) in [6.07, 6.45) is 5.27. The second kappa shape index (κ2) is 11.8. The van der Waals surface area contributed by atoms with Gasteiger partial charge in [0.1, 0.15) is 11.4 Å². The molecule has 8 nitrogen and oxygen atoms in total. The molecule has 0 spiro atoms. The number of amides is 1. The Kier molecular flexibility index (Phi) is 7.88. The molecule has 190 valence electrons. The molecular formula is C29H31N5O3.